The smallest absolute Gasteiger partial charge is 0.331 e. The minimum atomic E-state index is -1.07. The predicted molar refractivity (Wildman–Crippen MR) is 79.9 cm³/mol. The van der Waals surface area contributed by atoms with E-state index in [1.807, 2.05) is 30.3 Å². The van der Waals surface area contributed by atoms with E-state index in [0.717, 1.165) is 10.8 Å². The van der Waals surface area contributed by atoms with Crippen molar-refractivity contribution in [2.45, 2.75) is 19.4 Å². The van der Waals surface area contributed by atoms with Crippen LogP contribution in [0.25, 0.3) is 10.8 Å². The van der Waals surface area contributed by atoms with Crippen LogP contribution in [0, 0.1) is 0 Å². The van der Waals surface area contributed by atoms with Crippen LogP contribution in [0.5, 0.6) is 0 Å². The van der Waals surface area contributed by atoms with Crippen LogP contribution in [0.2, 0.25) is 0 Å². The highest BCUT2D eigenvalue weighted by atomic mass is 16.5. The van der Waals surface area contributed by atoms with Gasteiger partial charge in [0, 0.05) is 18.6 Å². The van der Waals surface area contributed by atoms with Crippen molar-refractivity contribution < 1.29 is 14.3 Å². The molecule has 0 unspecified atom stereocenters. The molecule has 0 saturated carbocycles. The SMILES string of the molecule is COC(=O)C(C)(C)N(C)C(=O)c1nccc2ccccc12. The number of carbonyl (C=O) groups is 2. The summed E-state index contributed by atoms with van der Waals surface area (Å²) < 4.78 is 4.76. The van der Waals surface area contributed by atoms with Crippen molar-refractivity contribution in [2.75, 3.05) is 14.2 Å². The predicted octanol–water partition coefficient (Wildman–Crippen LogP) is 2.26. The second kappa shape index (κ2) is 5.52. The number of carbonyl (C=O) groups excluding carboxylic acids is 2. The maximum absolute atomic E-state index is 12.7. The number of fused-ring (bicyclic) bond motifs is 1. The Morgan fingerprint density at radius 1 is 1.19 bits per heavy atom. The summed E-state index contributed by atoms with van der Waals surface area (Å²) >= 11 is 0. The van der Waals surface area contributed by atoms with E-state index in [0.29, 0.717) is 5.69 Å². The summed E-state index contributed by atoms with van der Waals surface area (Å²) in [6.45, 7) is 3.28. The minimum Gasteiger partial charge on any atom is -0.467 e. The summed E-state index contributed by atoms with van der Waals surface area (Å²) in [6, 6.07) is 9.36. The molecule has 0 N–H and O–H groups in total. The van der Waals surface area contributed by atoms with Gasteiger partial charge in [0.05, 0.1) is 7.11 Å². The van der Waals surface area contributed by atoms with Gasteiger partial charge in [-0.2, -0.15) is 0 Å². The fourth-order valence-corrected chi connectivity index (χ4v) is 2.09. The second-order valence-electron chi connectivity index (χ2n) is 5.30. The molecule has 1 aromatic heterocycles. The summed E-state index contributed by atoms with van der Waals surface area (Å²) in [5.74, 6) is -0.791. The number of benzene rings is 1. The van der Waals surface area contributed by atoms with E-state index in [1.165, 1.54) is 12.0 Å². The van der Waals surface area contributed by atoms with Gasteiger partial charge >= 0.3 is 5.97 Å². The molecule has 0 aliphatic rings. The molecule has 0 atom stereocenters. The fourth-order valence-electron chi connectivity index (χ4n) is 2.09. The van der Waals surface area contributed by atoms with Crippen molar-refractivity contribution >= 4 is 22.6 Å². The molecule has 1 heterocycles. The lowest BCUT2D eigenvalue weighted by Crippen LogP contribution is -2.51. The van der Waals surface area contributed by atoms with E-state index in [2.05, 4.69) is 4.98 Å². The highest BCUT2D eigenvalue weighted by Crippen LogP contribution is 2.21. The van der Waals surface area contributed by atoms with Crippen molar-refractivity contribution in [3.05, 3.63) is 42.2 Å². The van der Waals surface area contributed by atoms with E-state index in [9.17, 15) is 9.59 Å². The summed E-state index contributed by atoms with van der Waals surface area (Å²) in [5.41, 5.74) is -0.739. The molecular weight excluding hydrogens is 268 g/mol. The van der Waals surface area contributed by atoms with Crippen LogP contribution in [-0.2, 0) is 9.53 Å². The first-order valence-electron chi connectivity index (χ1n) is 6.60. The molecule has 0 saturated heterocycles. The number of hydrogen-bond acceptors (Lipinski definition) is 4. The lowest BCUT2D eigenvalue weighted by atomic mass is 10.0. The topological polar surface area (TPSA) is 59.5 Å². The Kier molecular flexibility index (Phi) is 3.93. The maximum Gasteiger partial charge on any atom is 0.331 e. The molecule has 110 valence electrons. The van der Waals surface area contributed by atoms with Gasteiger partial charge in [-0.1, -0.05) is 24.3 Å². The van der Waals surface area contributed by atoms with Crippen LogP contribution < -0.4 is 0 Å². The van der Waals surface area contributed by atoms with Crippen molar-refractivity contribution in [3.63, 3.8) is 0 Å². The molecule has 2 aromatic rings. The fraction of sp³-hybridized carbons (Fsp3) is 0.312. The van der Waals surface area contributed by atoms with Crippen molar-refractivity contribution in [1.82, 2.24) is 9.88 Å². The van der Waals surface area contributed by atoms with Crippen LogP contribution in [0.4, 0.5) is 0 Å². The van der Waals surface area contributed by atoms with Gasteiger partial charge in [-0.25, -0.2) is 4.79 Å². The molecule has 1 amide bonds. The number of hydrogen-bond donors (Lipinski definition) is 0. The number of rotatable bonds is 3. The molecule has 21 heavy (non-hydrogen) atoms. The number of aromatic nitrogens is 1. The minimum absolute atomic E-state index is 0.317. The van der Waals surface area contributed by atoms with Crippen LogP contribution in [-0.4, -0.2) is 41.5 Å². The zero-order chi connectivity index (χ0) is 15.6. The van der Waals surface area contributed by atoms with Gasteiger partial charge in [0.15, 0.2) is 0 Å². The summed E-state index contributed by atoms with van der Waals surface area (Å²) in [5, 5.41) is 1.69. The van der Waals surface area contributed by atoms with Gasteiger partial charge < -0.3 is 9.64 Å². The highest BCUT2D eigenvalue weighted by molar-refractivity contribution is 6.06. The zero-order valence-electron chi connectivity index (χ0n) is 12.6. The van der Waals surface area contributed by atoms with Crippen molar-refractivity contribution in [2.24, 2.45) is 0 Å². The average molecular weight is 286 g/mol. The first kappa shape index (κ1) is 15.0. The Labute approximate surface area is 123 Å². The van der Waals surface area contributed by atoms with Gasteiger partial charge in [-0.05, 0) is 25.3 Å². The van der Waals surface area contributed by atoms with E-state index in [1.54, 1.807) is 27.1 Å². The van der Waals surface area contributed by atoms with E-state index < -0.39 is 11.5 Å². The number of ether oxygens (including phenoxy) is 1. The van der Waals surface area contributed by atoms with Crippen molar-refractivity contribution in [3.8, 4) is 0 Å². The van der Waals surface area contributed by atoms with Crippen LogP contribution >= 0.6 is 0 Å². The second-order valence-corrected chi connectivity index (χ2v) is 5.30. The molecular formula is C16H18N2O3. The largest absolute Gasteiger partial charge is 0.467 e. The molecule has 0 bridgehead atoms. The first-order chi connectivity index (χ1) is 9.89. The first-order valence-corrected chi connectivity index (χ1v) is 6.60. The average Bonchev–Trinajstić information content (AvgIpc) is 2.51. The van der Waals surface area contributed by atoms with Gasteiger partial charge in [0.25, 0.3) is 5.91 Å². The zero-order valence-corrected chi connectivity index (χ0v) is 12.6. The Morgan fingerprint density at radius 3 is 2.52 bits per heavy atom. The third-order valence-corrected chi connectivity index (χ3v) is 3.70. The van der Waals surface area contributed by atoms with Gasteiger partial charge in [-0.15, -0.1) is 0 Å². The van der Waals surface area contributed by atoms with Gasteiger partial charge in [0.1, 0.15) is 11.2 Å². The molecule has 0 spiro atoms. The van der Waals surface area contributed by atoms with Gasteiger partial charge in [-0.3, -0.25) is 9.78 Å². The third kappa shape index (κ3) is 2.59. The summed E-state index contributed by atoms with van der Waals surface area (Å²) in [4.78, 5) is 30.1. The van der Waals surface area contributed by atoms with E-state index in [4.69, 9.17) is 4.74 Å². The molecule has 5 nitrogen and oxygen atoms in total. The Hall–Kier alpha value is -2.43. The molecule has 5 heteroatoms. The third-order valence-electron chi connectivity index (χ3n) is 3.70. The lowest BCUT2D eigenvalue weighted by Gasteiger charge is -2.32. The number of likely N-dealkylation sites (N-methyl/N-ethyl adjacent to an activating group) is 1. The Balaban J connectivity index is 2.45. The molecule has 0 aliphatic carbocycles. The number of methoxy groups -OCH3 is 1. The van der Waals surface area contributed by atoms with Crippen LogP contribution in [0.15, 0.2) is 36.5 Å². The maximum atomic E-state index is 12.7. The quantitative estimate of drug-likeness (QED) is 0.812. The number of amides is 1. The number of pyridine rings is 1. The van der Waals surface area contributed by atoms with E-state index in [-0.39, 0.29) is 5.91 Å². The Morgan fingerprint density at radius 2 is 1.86 bits per heavy atom. The summed E-state index contributed by atoms with van der Waals surface area (Å²) in [6.07, 6.45) is 1.59. The molecule has 0 radical (unpaired) electrons. The number of nitrogens with zero attached hydrogens (tertiary/aromatic N) is 2. The number of esters is 1. The molecule has 0 aliphatic heterocycles. The molecule has 1 aromatic carbocycles. The Bertz CT molecular complexity index is 689. The standard InChI is InChI=1S/C16H18N2O3/c1-16(2,15(20)21-4)18(3)14(19)13-12-8-6-5-7-11(12)9-10-17-13/h5-10H,1-4H3. The monoisotopic (exact) mass is 286 g/mol. The molecule has 2 rings (SSSR count). The van der Waals surface area contributed by atoms with Crippen LogP contribution in [0.1, 0.15) is 24.3 Å². The normalized spacial score (nSPS) is 11.2. The van der Waals surface area contributed by atoms with Crippen molar-refractivity contribution in [1.29, 1.82) is 0 Å². The van der Waals surface area contributed by atoms with Crippen LogP contribution in [0.3, 0.4) is 0 Å². The highest BCUT2D eigenvalue weighted by Gasteiger charge is 2.37. The summed E-state index contributed by atoms with van der Waals surface area (Å²) in [7, 11) is 2.88. The molecule has 0 fully saturated rings. The van der Waals surface area contributed by atoms with Gasteiger partial charge in [0.2, 0.25) is 0 Å². The lowest BCUT2D eigenvalue weighted by molar-refractivity contribution is -0.150. The van der Waals surface area contributed by atoms with E-state index >= 15 is 0 Å².